The maximum absolute atomic E-state index is 11.9. The molecule has 2 atom stereocenters. The number of likely N-dealkylation sites (tertiary alicyclic amines) is 1. The molecule has 2 unspecified atom stereocenters. The summed E-state index contributed by atoms with van der Waals surface area (Å²) in [5, 5.41) is 11.9. The van der Waals surface area contributed by atoms with Crippen LogP contribution in [0.4, 0.5) is 0 Å². The molecule has 0 spiro atoms. The number of hydrogen-bond acceptors (Lipinski definition) is 5. The van der Waals surface area contributed by atoms with E-state index in [1.54, 1.807) is 25.6 Å². The Morgan fingerprint density at radius 2 is 2.00 bits per heavy atom. The normalized spacial score (nSPS) is 19.1. The lowest BCUT2D eigenvalue weighted by molar-refractivity contribution is -0.145. The molecule has 3 rings (SSSR count). The lowest BCUT2D eigenvalue weighted by atomic mass is 9.95. The third-order valence-electron chi connectivity index (χ3n) is 4.90. The molecule has 2 aromatic rings. The van der Waals surface area contributed by atoms with Crippen molar-refractivity contribution in [1.29, 1.82) is 0 Å². The first-order valence-corrected chi connectivity index (χ1v) is 9.68. The van der Waals surface area contributed by atoms with Crippen LogP contribution >= 0.6 is 11.3 Å². The Morgan fingerprint density at radius 1 is 1.23 bits per heavy atom. The van der Waals surface area contributed by atoms with Crippen molar-refractivity contribution in [2.75, 3.05) is 20.8 Å². The molecule has 5 nitrogen and oxygen atoms in total. The van der Waals surface area contributed by atoms with E-state index in [-0.39, 0.29) is 6.04 Å². The van der Waals surface area contributed by atoms with E-state index >= 15 is 0 Å². The molecule has 1 aliphatic rings. The quantitative estimate of drug-likeness (QED) is 0.824. The van der Waals surface area contributed by atoms with E-state index in [1.165, 1.54) is 5.56 Å². The smallest absolute Gasteiger partial charge is 0.320 e. The zero-order valence-corrected chi connectivity index (χ0v) is 16.2. The Labute approximate surface area is 158 Å². The monoisotopic (exact) mass is 375 g/mol. The zero-order valence-electron chi connectivity index (χ0n) is 15.4. The van der Waals surface area contributed by atoms with Gasteiger partial charge in [0.25, 0.3) is 0 Å². The van der Waals surface area contributed by atoms with Crippen molar-refractivity contribution in [1.82, 2.24) is 4.90 Å². The van der Waals surface area contributed by atoms with Crippen LogP contribution in [0.25, 0.3) is 0 Å². The number of ether oxygens (including phenoxy) is 2. The van der Waals surface area contributed by atoms with Crippen LogP contribution in [0.1, 0.15) is 41.3 Å². The Morgan fingerprint density at radius 3 is 2.62 bits per heavy atom. The van der Waals surface area contributed by atoms with E-state index in [0.29, 0.717) is 17.9 Å². The van der Waals surface area contributed by atoms with Crippen molar-refractivity contribution >= 4 is 17.3 Å². The third kappa shape index (κ3) is 3.71. The van der Waals surface area contributed by atoms with Crippen molar-refractivity contribution in [3.63, 3.8) is 0 Å². The lowest BCUT2D eigenvalue weighted by Crippen LogP contribution is -2.46. The molecule has 2 heterocycles. The zero-order chi connectivity index (χ0) is 18.7. The van der Waals surface area contributed by atoms with E-state index in [9.17, 15) is 9.90 Å². The van der Waals surface area contributed by atoms with Gasteiger partial charge in [-0.25, -0.2) is 0 Å². The van der Waals surface area contributed by atoms with Crippen molar-refractivity contribution in [2.24, 2.45) is 0 Å². The average molecular weight is 375 g/mol. The summed E-state index contributed by atoms with van der Waals surface area (Å²) in [5.74, 6) is 0.585. The molecule has 26 heavy (non-hydrogen) atoms. The Kier molecular flexibility index (Phi) is 5.84. The van der Waals surface area contributed by atoms with Gasteiger partial charge in [0.15, 0.2) is 11.5 Å². The Balaban J connectivity index is 2.08. The fraction of sp³-hybridized carbons (Fsp3) is 0.450. The Bertz CT molecular complexity index is 773. The minimum absolute atomic E-state index is 0.102. The molecule has 0 amide bonds. The number of methoxy groups -OCH3 is 2. The number of hydrogen-bond donors (Lipinski definition) is 1. The number of carboxylic acids is 1. The van der Waals surface area contributed by atoms with Crippen LogP contribution in [0.5, 0.6) is 11.5 Å². The molecule has 0 saturated carbocycles. The molecule has 0 aliphatic carbocycles. The van der Waals surface area contributed by atoms with Gasteiger partial charge in [-0.3, -0.25) is 9.69 Å². The van der Waals surface area contributed by atoms with Crippen LogP contribution in [0.2, 0.25) is 0 Å². The predicted molar refractivity (Wildman–Crippen MR) is 102 cm³/mol. The Hall–Kier alpha value is -2.05. The summed E-state index contributed by atoms with van der Waals surface area (Å²) in [6, 6.07) is 7.45. The second kappa shape index (κ2) is 8.10. The summed E-state index contributed by atoms with van der Waals surface area (Å²) in [5.41, 5.74) is 2.22. The van der Waals surface area contributed by atoms with Gasteiger partial charge in [-0.1, -0.05) is 12.5 Å². The van der Waals surface area contributed by atoms with Gasteiger partial charge in [-0.2, -0.15) is 0 Å². The van der Waals surface area contributed by atoms with E-state index in [1.807, 2.05) is 18.2 Å². The third-order valence-corrected chi connectivity index (χ3v) is 6.01. The number of nitrogens with zero attached hydrogens (tertiary/aromatic N) is 1. The van der Waals surface area contributed by atoms with Gasteiger partial charge in [-0.15, -0.1) is 11.3 Å². The first kappa shape index (κ1) is 18.7. The second-order valence-corrected chi connectivity index (χ2v) is 7.57. The number of carbonyl (C=O) groups is 1. The topological polar surface area (TPSA) is 59.0 Å². The number of aryl methyl sites for hydroxylation is 1. The number of carboxylic acid groups (broad SMARTS) is 1. The van der Waals surface area contributed by atoms with Gasteiger partial charge in [0.2, 0.25) is 0 Å². The highest BCUT2D eigenvalue weighted by molar-refractivity contribution is 7.10. The molecule has 1 aromatic heterocycles. The largest absolute Gasteiger partial charge is 0.493 e. The highest BCUT2D eigenvalue weighted by Gasteiger charge is 2.36. The summed E-state index contributed by atoms with van der Waals surface area (Å²) in [6.45, 7) is 2.84. The summed E-state index contributed by atoms with van der Waals surface area (Å²) in [4.78, 5) is 15.2. The summed E-state index contributed by atoms with van der Waals surface area (Å²) >= 11 is 1.68. The van der Waals surface area contributed by atoms with E-state index in [4.69, 9.17) is 9.47 Å². The highest BCUT2D eigenvalue weighted by Crippen LogP contribution is 2.40. The number of aliphatic carboxylic acids is 1. The first-order valence-electron chi connectivity index (χ1n) is 8.80. The number of thiophene rings is 1. The molecule has 1 aromatic carbocycles. The van der Waals surface area contributed by atoms with Crippen LogP contribution < -0.4 is 9.47 Å². The molecular formula is C20H25NO4S. The first-order chi connectivity index (χ1) is 12.5. The van der Waals surface area contributed by atoms with E-state index < -0.39 is 12.0 Å². The van der Waals surface area contributed by atoms with Gasteiger partial charge in [-0.05, 0) is 61.0 Å². The van der Waals surface area contributed by atoms with E-state index in [2.05, 4.69) is 23.3 Å². The molecule has 0 bridgehead atoms. The van der Waals surface area contributed by atoms with Crippen molar-refractivity contribution in [3.8, 4) is 11.5 Å². The molecule has 1 saturated heterocycles. The molecule has 1 aliphatic heterocycles. The molecular weight excluding hydrogens is 350 g/mol. The van der Waals surface area contributed by atoms with Gasteiger partial charge >= 0.3 is 5.97 Å². The minimum Gasteiger partial charge on any atom is -0.493 e. The molecule has 140 valence electrons. The van der Waals surface area contributed by atoms with Crippen molar-refractivity contribution < 1.29 is 19.4 Å². The highest BCUT2D eigenvalue weighted by atomic mass is 32.1. The second-order valence-electron chi connectivity index (χ2n) is 6.63. The number of piperidine rings is 1. The molecule has 1 N–H and O–H groups in total. The van der Waals surface area contributed by atoms with Gasteiger partial charge in [0.1, 0.15) is 6.04 Å². The minimum atomic E-state index is -0.747. The van der Waals surface area contributed by atoms with Gasteiger partial charge in [0.05, 0.1) is 20.3 Å². The molecule has 6 heteroatoms. The molecule has 1 fully saturated rings. The molecule has 0 radical (unpaired) electrons. The van der Waals surface area contributed by atoms with Crippen LogP contribution in [0, 0.1) is 6.92 Å². The van der Waals surface area contributed by atoms with Crippen LogP contribution in [-0.4, -0.2) is 42.8 Å². The fourth-order valence-electron chi connectivity index (χ4n) is 3.67. The van der Waals surface area contributed by atoms with Crippen LogP contribution in [0.15, 0.2) is 29.6 Å². The summed E-state index contributed by atoms with van der Waals surface area (Å²) in [6.07, 6.45) is 2.65. The van der Waals surface area contributed by atoms with Crippen LogP contribution in [-0.2, 0) is 4.79 Å². The fourth-order valence-corrected chi connectivity index (χ4v) is 4.71. The lowest BCUT2D eigenvalue weighted by Gasteiger charge is -2.39. The number of benzene rings is 1. The summed E-state index contributed by atoms with van der Waals surface area (Å²) < 4.78 is 10.8. The summed E-state index contributed by atoms with van der Waals surface area (Å²) in [7, 11) is 3.23. The van der Waals surface area contributed by atoms with Gasteiger partial charge in [0, 0.05) is 4.88 Å². The van der Waals surface area contributed by atoms with Crippen LogP contribution in [0.3, 0.4) is 0 Å². The predicted octanol–water partition coefficient (Wildman–Crippen LogP) is 4.10. The van der Waals surface area contributed by atoms with Crippen molar-refractivity contribution in [2.45, 2.75) is 38.3 Å². The maximum Gasteiger partial charge on any atom is 0.320 e. The standard InChI is InChI=1S/C20H25NO4S/c1-13-10-18(26-12-13)19(21-9-5-4-6-15(21)20(22)23)14-7-8-16(24-2)17(11-14)25-3/h7-8,10-12,15,19H,4-6,9H2,1-3H3,(H,22,23). The average Bonchev–Trinajstić information content (AvgIpc) is 3.08. The van der Waals surface area contributed by atoms with Crippen molar-refractivity contribution in [3.05, 3.63) is 45.6 Å². The maximum atomic E-state index is 11.9. The SMILES string of the molecule is COc1ccc(C(c2cc(C)cs2)N2CCCCC2C(=O)O)cc1OC. The van der Waals surface area contributed by atoms with Gasteiger partial charge < -0.3 is 14.6 Å². The number of rotatable bonds is 6. The van der Waals surface area contributed by atoms with E-state index in [0.717, 1.165) is 29.8 Å².